The highest BCUT2D eigenvalue weighted by Gasteiger charge is 2.35. The van der Waals surface area contributed by atoms with Gasteiger partial charge in [-0.25, -0.2) is 4.79 Å². The van der Waals surface area contributed by atoms with Crippen LogP contribution in [0.25, 0.3) is 0 Å². The Morgan fingerprint density at radius 1 is 1.00 bits per heavy atom. The van der Waals surface area contributed by atoms with Crippen LogP contribution in [0.2, 0.25) is 0 Å². The van der Waals surface area contributed by atoms with Gasteiger partial charge < -0.3 is 15.1 Å². The van der Waals surface area contributed by atoms with Crippen LogP contribution in [0.1, 0.15) is 44.4 Å². The van der Waals surface area contributed by atoms with Crippen molar-refractivity contribution in [3.63, 3.8) is 0 Å². The summed E-state index contributed by atoms with van der Waals surface area (Å²) in [5.74, 6) is 1.00. The lowest BCUT2D eigenvalue weighted by Crippen LogP contribution is -2.61. The second-order valence-corrected chi connectivity index (χ2v) is 10.0. The number of hydrogen-bond acceptors (Lipinski definition) is 5. The Labute approximate surface area is 210 Å². The van der Waals surface area contributed by atoms with Gasteiger partial charge in [-0.15, -0.1) is 10.2 Å². The monoisotopic (exact) mass is 504 g/mol. The minimum Gasteiger partial charge on any atom is -0.351 e. The minimum absolute atomic E-state index is 0.0883. The topological polar surface area (TPSA) is 64.6 Å². The summed E-state index contributed by atoms with van der Waals surface area (Å²) >= 11 is 0. The first-order chi connectivity index (χ1) is 17.2. The first kappa shape index (κ1) is 26.2. The van der Waals surface area contributed by atoms with Crippen molar-refractivity contribution in [2.75, 3.05) is 37.6 Å². The Bertz CT molecular complexity index is 967. The van der Waals surface area contributed by atoms with Gasteiger partial charge >= 0.3 is 12.2 Å². The molecule has 2 aliphatic rings. The van der Waals surface area contributed by atoms with Crippen molar-refractivity contribution in [1.82, 2.24) is 25.3 Å². The molecular formula is C26H35F3N6O. The molecule has 1 aromatic heterocycles. The first-order valence-electron chi connectivity index (χ1n) is 12.7. The summed E-state index contributed by atoms with van der Waals surface area (Å²) in [4.78, 5) is 19.2. The normalized spacial score (nSPS) is 22.0. The first-order valence-corrected chi connectivity index (χ1v) is 12.7. The Morgan fingerprint density at radius 3 is 2.25 bits per heavy atom. The van der Waals surface area contributed by atoms with Gasteiger partial charge in [-0.05, 0) is 69.8 Å². The number of carbonyl (C=O) groups is 1. The fourth-order valence-corrected chi connectivity index (χ4v) is 5.30. The van der Waals surface area contributed by atoms with Crippen molar-refractivity contribution < 1.29 is 18.0 Å². The molecule has 1 N–H and O–H groups in total. The average Bonchev–Trinajstić information content (AvgIpc) is 2.85. The Balaban J connectivity index is 1.20. The predicted octanol–water partition coefficient (Wildman–Crippen LogP) is 4.41. The number of urea groups is 1. The smallest absolute Gasteiger partial charge is 0.351 e. The summed E-state index contributed by atoms with van der Waals surface area (Å²) < 4.78 is 38.3. The molecule has 0 radical (unpaired) electrons. The van der Waals surface area contributed by atoms with Crippen molar-refractivity contribution in [2.45, 2.75) is 57.9 Å². The highest BCUT2D eigenvalue weighted by Crippen LogP contribution is 2.28. The number of piperidine rings is 1. The second-order valence-electron chi connectivity index (χ2n) is 10.0. The average molecular weight is 505 g/mol. The number of nitrogens with one attached hydrogen (secondary N) is 1. The van der Waals surface area contributed by atoms with E-state index in [9.17, 15) is 18.0 Å². The van der Waals surface area contributed by atoms with E-state index < -0.39 is 11.9 Å². The fraction of sp³-hybridized carbons (Fsp3) is 0.577. The molecule has 0 unspecified atom stereocenters. The van der Waals surface area contributed by atoms with Crippen LogP contribution in [0.4, 0.5) is 23.8 Å². The van der Waals surface area contributed by atoms with E-state index in [0.717, 1.165) is 45.0 Å². The van der Waals surface area contributed by atoms with Gasteiger partial charge in [0.25, 0.3) is 0 Å². The van der Waals surface area contributed by atoms with Crippen molar-refractivity contribution >= 4 is 11.8 Å². The summed E-state index contributed by atoms with van der Waals surface area (Å²) in [5.41, 5.74) is 0.337. The van der Waals surface area contributed by atoms with Crippen LogP contribution in [0.3, 0.4) is 0 Å². The predicted molar refractivity (Wildman–Crippen MR) is 132 cm³/mol. The third kappa shape index (κ3) is 6.66. The number of aromatic nitrogens is 2. The van der Waals surface area contributed by atoms with E-state index in [1.54, 1.807) is 0 Å². The Hall–Kier alpha value is -2.88. The van der Waals surface area contributed by atoms with Gasteiger partial charge in [0, 0.05) is 38.3 Å². The van der Waals surface area contributed by atoms with Crippen molar-refractivity contribution in [3.8, 4) is 0 Å². The maximum Gasteiger partial charge on any atom is 0.435 e. The second kappa shape index (κ2) is 11.5. The zero-order valence-corrected chi connectivity index (χ0v) is 20.9. The molecule has 10 heteroatoms. The molecule has 1 aromatic carbocycles. The number of benzene rings is 1. The number of piperazine rings is 1. The number of anilines is 1. The van der Waals surface area contributed by atoms with E-state index in [4.69, 9.17) is 0 Å². The van der Waals surface area contributed by atoms with Crippen LogP contribution < -0.4 is 10.2 Å². The van der Waals surface area contributed by atoms with Gasteiger partial charge in [-0.2, -0.15) is 13.2 Å². The molecule has 2 aliphatic heterocycles. The molecule has 0 spiro atoms. The maximum atomic E-state index is 12.9. The number of likely N-dealkylation sites (tertiary alicyclic amines) is 1. The third-order valence-electron chi connectivity index (χ3n) is 7.20. The largest absolute Gasteiger partial charge is 0.435 e. The van der Waals surface area contributed by atoms with E-state index in [1.165, 1.54) is 11.6 Å². The number of hydrogen-bond donors (Lipinski definition) is 1. The summed E-state index contributed by atoms with van der Waals surface area (Å²) in [6.07, 6.45) is -1.26. The number of amides is 2. The maximum absolute atomic E-state index is 12.9. The standard InChI is InChI=1S/C26H35F3N6O/c1-19-16-34(24-9-8-23(31-32-24)26(27,28)29)17-20(2)35(19)25(36)30-13-10-21-11-14-33(15-12-21)18-22-6-4-3-5-7-22/h3-9,19-21H,10-18H2,1-2H3,(H,30,36)/t19-,20-/m1/s1. The van der Waals surface area contributed by atoms with Crippen LogP contribution >= 0.6 is 0 Å². The third-order valence-corrected chi connectivity index (χ3v) is 7.20. The van der Waals surface area contributed by atoms with Crippen molar-refractivity contribution in [3.05, 3.63) is 53.7 Å². The molecule has 2 atom stereocenters. The number of nitrogens with zero attached hydrogens (tertiary/aromatic N) is 5. The van der Waals surface area contributed by atoms with Crippen LogP contribution in [-0.4, -0.2) is 70.8 Å². The molecular weight excluding hydrogens is 469 g/mol. The lowest BCUT2D eigenvalue weighted by molar-refractivity contribution is -0.141. The van der Waals surface area contributed by atoms with Crippen LogP contribution in [0.15, 0.2) is 42.5 Å². The molecule has 3 heterocycles. The van der Waals surface area contributed by atoms with Gasteiger partial charge in [-0.3, -0.25) is 4.90 Å². The van der Waals surface area contributed by atoms with Gasteiger partial charge in [-0.1, -0.05) is 30.3 Å². The molecule has 0 bridgehead atoms. The highest BCUT2D eigenvalue weighted by atomic mass is 19.4. The van der Waals surface area contributed by atoms with Crippen LogP contribution in [-0.2, 0) is 12.7 Å². The molecule has 2 aromatic rings. The lowest BCUT2D eigenvalue weighted by atomic mass is 9.93. The molecule has 36 heavy (non-hydrogen) atoms. The van der Waals surface area contributed by atoms with E-state index in [1.807, 2.05) is 29.7 Å². The molecule has 0 saturated carbocycles. The van der Waals surface area contributed by atoms with Gasteiger partial charge in [0.15, 0.2) is 11.5 Å². The molecule has 196 valence electrons. The lowest BCUT2D eigenvalue weighted by Gasteiger charge is -2.44. The van der Waals surface area contributed by atoms with Gasteiger partial charge in [0.1, 0.15) is 0 Å². The van der Waals surface area contributed by atoms with Gasteiger partial charge in [0.05, 0.1) is 0 Å². The highest BCUT2D eigenvalue weighted by molar-refractivity contribution is 5.75. The Kier molecular flexibility index (Phi) is 8.33. The molecule has 4 rings (SSSR count). The van der Waals surface area contributed by atoms with Crippen molar-refractivity contribution in [1.29, 1.82) is 0 Å². The number of rotatable bonds is 6. The van der Waals surface area contributed by atoms with Gasteiger partial charge in [0.2, 0.25) is 0 Å². The summed E-state index contributed by atoms with van der Waals surface area (Å²) in [7, 11) is 0. The minimum atomic E-state index is -4.51. The number of alkyl halides is 3. The van der Waals surface area contributed by atoms with Crippen molar-refractivity contribution in [2.24, 2.45) is 5.92 Å². The van der Waals surface area contributed by atoms with E-state index in [0.29, 0.717) is 31.4 Å². The zero-order valence-electron chi connectivity index (χ0n) is 20.9. The zero-order chi connectivity index (χ0) is 25.7. The van der Waals surface area contributed by atoms with E-state index in [2.05, 4.69) is 44.7 Å². The van der Waals surface area contributed by atoms with E-state index >= 15 is 0 Å². The fourth-order valence-electron chi connectivity index (χ4n) is 5.30. The van der Waals surface area contributed by atoms with E-state index in [-0.39, 0.29) is 18.1 Å². The summed E-state index contributed by atoms with van der Waals surface area (Å²) in [6.45, 7) is 8.66. The number of halogens is 3. The molecule has 0 aliphatic carbocycles. The molecule has 7 nitrogen and oxygen atoms in total. The van der Waals surface area contributed by atoms with Crippen LogP contribution in [0, 0.1) is 5.92 Å². The molecule has 2 fully saturated rings. The SMILES string of the molecule is C[C@@H]1CN(c2ccc(C(F)(F)F)nn2)C[C@@H](C)N1C(=O)NCCC1CCN(Cc2ccccc2)CC1. The molecule has 2 saturated heterocycles. The Morgan fingerprint density at radius 2 is 1.67 bits per heavy atom. The summed E-state index contributed by atoms with van der Waals surface area (Å²) in [5, 5.41) is 10.2. The molecule has 2 amide bonds. The van der Waals surface area contributed by atoms with Crippen LogP contribution in [0.5, 0.6) is 0 Å². The summed E-state index contributed by atoms with van der Waals surface area (Å²) in [6, 6.07) is 12.5. The quantitative estimate of drug-likeness (QED) is 0.632. The number of carbonyl (C=O) groups excluding carboxylic acids is 1.